The molecule has 0 amide bonds. The van der Waals surface area contributed by atoms with Crippen molar-refractivity contribution in [2.75, 3.05) is 0 Å². The van der Waals surface area contributed by atoms with Gasteiger partial charge in [-0.2, -0.15) is 0 Å². The maximum absolute atomic E-state index is 5.93. The highest BCUT2D eigenvalue weighted by molar-refractivity contribution is 5.38. The fourth-order valence-corrected chi connectivity index (χ4v) is 2.36. The minimum atomic E-state index is -0.127. The van der Waals surface area contributed by atoms with Gasteiger partial charge >= 0.3 is 0 Å². The van der Waals surface area contributed by atoms with Crippen molar-refractivity contribution in [2.24, 2.45) is 12.9 Å². The van der Waals surface area contributed by atoms with Gasteiger partial charge in [0.1, 0.15) is 17.9 Å². The Balaban J connectivity index is 1.86. The lowest BCUT2D eigenvalue weighted by Gasteiger charge is -2.21. The summed E-state index contributed by atoms with van der Waals surface area (Å²) < 4.78 is 7.63. The van der Waals surface area contributed by atoms with Gasteiger partial charge in [0.05, 0.1) is 11.9 Å². The Hall–Kier alpha value is -1.92. The van der Waals surface area contributed by atoms with Gasteiger partial charge < -0.3 is 4.74 Å². The summed E-state index contributed by atoms with van der Waals surface area (Å²) in [5.41, 5.74) is 4.91. The van der Waals surface area contributed by atoms with E-state index in [9.17, 15) is 0 Å². The number of nitrogens with one attached hydrogen (secondary N) is 1. The molecule has 2 aromatic rings. The highest BCUT2D eigenvalue weighted by atomic mass is 16.5. The number of ether oxygens (including phenoxy) is 1. The molecule has 0 bridgehead atoms. The van der Waals surface area contributed by atoms with Gasteiger partial charge in [0.2, 0.25) is 0 Å². The van der Waals surface area contributed by atoms with Crippen molar-refractivity contribution in [3.8, 4) is 5.75 Å². The summed E-state index contributed by atoms with van der Waals surface area (Å²) in [5.74, 6) is 6.58. The van der Waals surface area contributed by atoms with Crippen molar-refractivity contribution in [1.29, 1.82) is 0 Å². The molecule has 0 aliphatic carbocycles. The predicted octanol–water partition coefficient (Wildman–Crippen LogP) is 0.323. The number of hydrogen-bond donors (Lipinski definition) is 2. The average molecular weight is 245 g/mol. The lowest BCUT2D eigenvalue weighted by Crippen LogP contribution is -2.40. The fraction of sp³-hybridized carbons (Fsp3) is 0.333. The quantitative estimate of drug-likeness (QED) is 0.601. The highest BCUT2D eigenvalue weighted by Crippen LogP contribution is 2.33. The summed E-state index contributed by atoms with van der Waals surface area (Å²) in [6.45, 7) is 0. The highest BCUT2D eigenvalue weighted by Gasteiger charge is 2.32. The maximum Gasteiger partial charge on any atom is 0.125 e. The van der Waals surface area contributed by atoms with Crippen molar-refractivity contribution in [1.82, 2.24) is 20.4 Å². The van der Waals surface area contributed by atoms with Gasteiger partial charge in [-0.3, -0.25) is 10.5 Å². The smallest absolute Gasteiger partial charge is 0.125 e. The molecule has 0 spiro atoms. The number of aryl methyl sites for hydroxylation is 1. The molecule has 2 heterocycles. The van der Waals surface area contributed by atoms with Crippen LogP contribution in [-0.4, -0.2) is 21.1 Å². The van der Waals surface area contributed by atoms with Crippen molar-refractivity contribution in [2.45, 2.75) is 18.6 Å². The minimum absolute atomic E-state index is 0.0374. The van der Waals surface area contributed by atoms with E-state index in [-0.39, 0.29) is 12.1 Å². The van der Waals surface area contributed by atoms with E-state index in [1.54, 1.807) is 10.9 Å². The Morgan fingerprint density at radius 2 is 2.33 bits per heavy atom. The number of fused-ring (bicyclic) bond motifs is 1. The number of nitrogens with two attached hydrogens (primary N) is 1. The topological polar surface area (TPSA) is 78.0 Å². The number of hydrogen-bond acceptors (Lipinski definition) is 5. The Labute approximate surface area is 105 Å². The Morgan fingerprint density at radius 1 is 1.50 bits per heavy atom. The molecule has 1 aliphatic rings. The van der Waals surface area contributed by atoms with Gasteiger partial charge in [0, 0.05) is 13.5 Å². The molecule has 6 nitrogen and oxygen atoms in total. The zero-order chi connectivity index (χ0) is 12.5. The second kappa shape index (κ2) is 4.40. The second-order valence-corrected chi connectivity index (χ2v) is 4.39. The lowest BCUT2D eigenvalue weighted by molar-refractivity contribution is 0.174. The van der Waals surface area contributed by atoms with E-state index in [4.69, 9.17) is 10.6 Å². The van der Waals surface area contributed by atoms with Crippen LogP contribution in [0.25, 0.3) is 0 Å². The molecule has 0 saturated carbocycles. The summed E-state index contributed by atoms with van der Waals surface area (Å²) >= 11 is 0. The summed E-state index contributed by atoms with van der Waals surface area (Å²) in [6.07, 6.45) is 2.50. The van der Waals surface area contributed by atoms with Crippen molar-refractivity contribution < 1.29 is 4.74 Å². The van der Waals surface area contributed by atoms with Crippen LogP contribution in [0.3, 0.4) is 0 Å². The second-order valence-electron chi connectivity index (χ2n) is 4.39. The SMILES string of the molecule is Cn1nncc1C(NN)C1Cc2ccccc2O1. The van der Waals surface area contributed by atoms with Gasteiger partial charge in [-0.1, -0.05) is 23.4 Å². The molecule has 2 unspecified atom stereocenters. The van der Waals surface area contributed by atoms with Crippen LogP contribution >= 0.6 is 0 Å². The van der Waals surface area contributed by atoms with E-state index in [1.165, 1.54) is 5.56 Å². The first-order valence-corrected chi connectivity index (χ1v) is 5.85. The Bertz CT molecular complexity index is 528. The molecule has 6 heteroatoms. The molecule has 3 N–H and O–H groups in total. The van der Waals surface area contributed by atoms with Gasteiger partial charge in [-0.05, 0) is 11.6 Å². The van der Waals surface area contributed by atoms with Crippen molar-refractivity contribution in [3.63, 3.8) is 0 Å². The van der Waals surface area contributed by atoms with E-state index in [0.717, 1.165) is 17.9 Å². The summed E-state index contributed by atoms with van der Waals surface area (Å²) in [5, 5.41) is 7.79. The monoisotopic (exact) mass is 245 g/mol. The number of benzene rings is 1. The normalized spacial score (nSPS) is 19.3. The fourth-order valence-electron chi connectivity index (χ4n) is 2.36. The van der Waals surface area contributed by atoms with E-state index in [0.29, 0.717) is 0 Å². The lowest BCUT2D eigenvalue weighted by atomic mass is 10.0. The van der Waals surface area contributed by atoms with E-state index in [2.05, 4.69) is 21.8 Å². The van der Waals surface area contributed by atoms with Crippen LogP contribution in [0.1, 0.15) is 17.3 Å². The molecule has 0 fully saturated rings. The maximum atomic E-state index is 5.93. The summed E-state index contributed by atoms with van der Waals surface area (Å²) in [7, 11) is 1.84. The van der Waals surface area contributed by atoms with Crippen LogP contribution in [0.15, 0.2) is 30.5 Å². The third-order valence-electron chi connectivity index (χ3n) is 3.29. The standard InChI is InChI=1S/C12H15N5O/c1-17-9(7-14-16-17)12(15-13)11-6-8-4-2-3-5-10(8)18-11/h2-5,7,11-12,15H,6,13H2,1H3. The molecule has 0 radical (unpaired) electrons. The molecule has 1 aliphatic heterocycles. The van der Waals surface area contributed by atoms with Crippen LogP contribution in [0.2, 0.25) is 0 Å². The Morgan fingerprint density at radius 3 is 3.00 bits per heavy atom. The molecule has 18 heavy (non-hydrogen) atoms. The zero-order valence-electron chi connectivity index (χ0n) is 10.1. The number of nitrogens with zero attached hydrogens (tertiary/aromatic N) is 3. The first-order chi connectivity index (χ1) is 8.79. The molecule has 2 atom stereocenters. The number of hydrazine groups is 1. The largest absolute Gasteiger partial charge is 0.488 e. The van der Waals surface area contributed by atoms with Crippen LogP contribution in [0.4, 0.5) is 0 Å². The van der Waals surface area contributed by atoms with Gasteiger partial charge in [0.15, 0.2) is 0 Å². The zero-order valence-corrected chi connectivity index (χ0v) is 10.1. The summed E-state index contributed by atoms with van der Waals surface area (Å²) in [4.78, 5) is 0. The molecule has 3 rings (SSSR count). The number of rotatable bonds is 3. The van der Waals surface area contributed by atoms with Crippen LogP contribution in [0.5, 0.6) is 5.75 Å². The average Bonchev–Trinajstić information content (AvgIpc) is 2.97. The molecule has 1 aromatic carbocycles. The first-order valence-electron chi connectivity index (χ1n) is 5.85. The minimum Gasteiger partial charge on any atom is -0.488 e. The third-order valence-corrected chi connectivity index (χ3v) is 3.29. The van der Waals surface area contributed by atoms with E-state index in [1.807, 2.05) is 25.2 Å². The number of aromatic nitrogens is 3. The van der Waals surface area contributed by atoms with Gasteiger partial charge in [-0.15, -0.1) is 5.10 Å². The first kappa shape index (κ1) is 11.2. The molecule has 94 valence electrons. The predicted molar refractivity (Wildman–Crippen MR) is 65.6 cm³/mol. The van der Waals surface area contributed by atoms with Gasteiger partial charge in [0.25, 0.3) is 0 Å². The van der Waals surface area contributed by atoms with Crippen molar-refractivity contribution >= 4 is 0 Å². The molecule has 1 aromatic heterocycles. The molecule has 0 saturated heterocycles. The van der Waals surface area contributed by atoms with Crippen molar-refractivity contribution in [3.05, 3.63) is 41.7 Å². The van der Waals surface area contributed by atoms with E-state index >= 15 is 0 Å². The third kappa shape index (κ3) is 1.75. The molecular weight excluding hydrogens is 230 g/mol. The van der Waals surface area contributed by atoms with Crippen LogP contribution < -0.4 is 16.0 Å². The number of para-hydroxylation sites is 1. The summed E-state index contributed by atoms with van der Waals surface area (Å²) in [6, 6.07) is 7.91. The molecular formula is C12H15N5O. The Kier molecular flexibility index (Phi) is 2.73. The van der Waals surface area contributed by atoms with E-state index < -0.39 is 0 Å². The van der Waals surface area contributed by atoms with Crippen LogP contribution in [0, 0.1) is 0 Å². The van der Waals surface area contributed by atoms with Crippen LogP contribution in [-0.2, 0) is 13.5 Å². The van der Waals surface area contributed by atoms with Gasteiger partial charge in [-0.25, -0.2) is 5.43 Å².